The Morgan fingerprint density at radius 1 is 1.48 bits per heavy atom. The first-order chi connectivity index (χ1) is 10.0. The molecule has 21 heavy (non-hydrogen) atoms. The molecular formula is C16H22N4O. The van der Waals surface area contributed by atoms with Crippen LogP contribution < -0.4 is 5.32 Å². The summed E-state index contributed by atoms with van der Waals surface area (Å²) in [6.07, 6.45) is 2.34. The lowest BCUT2D eigenvalue weighted by Gasteiger charge is -2.10. The van der Waals surface area contributed by atoms with Crippen molar-refractivity contribution in [1.29, 1.82) is 0 Å². The van der Waals surface area contributed by atoms with Gasteiger partial charge in [-0.25, -0.2) is 9.67 Å². The summed E-state index contributed by atoms with van der Waals surface area (Å²) in [7, 11) is 0. The molecule has 0 spiro atoms. The van der Waals surface area contributed by atoms with Crippen LogP contribution in [-0.4, -0.2) is 27.2 Å². The number of carbonyl (C=O) groups is 1. The summed E-state index contributed by atoms with van der Waals surface area (Å²) < 4.78 is 1.93. The van der Waals surface area contributed by atoms with Crippen LogP contribution in [0.1, 0.15) is 67.3 Å². The van der Waals surface area contributed by atoms with E-state index in [1.807, 2.05) is 24.6 Å². The van der Waals surface area contributed by atoms with Crippen LogP contribution >= 0.6 is 0 Å². The van der Waals surface area contributed by atoms with Crippen molar-refractivity contribution < 1.29 is 4.79 Å². The molecule has 5 heteroatoms. The van der Waals surface area contributed by atoms with E-state index >= 15 is 0 Å². The van der Waals surface area contributed by atoms with Crippen molar-refractivity contribution in [3.05, 3.63) is 23.0 Å². The summed E-state index contributed by atoms with van der Waals surface area (Å²) in [4.78, 5) is 17.2. The van der Waals surface area contributed by atoms with Gasteiger partial charge < -0.3 is 5.32 Å². The van der Waals surface area contributed by atoms with Gasteiger partial charge in [0.25, 0.3) is 5.91 Å². The SMILES string of the molecule is CCNC(=O)c1cc(C2CC2)nc2c1c(C)nn2C(C)C. The van der Waals surface area contributed by atoms with Crippen molar-refractivity contribution in [3.63, 3.8) is 0 Å². The van der Waals surface area contributed by atoms with Crippen molar-refractivity contribution in [2.75, 3.05) is 6.54 Å². The minimum absolute atomic E-state index is 0.0294. The molecule has 2 heterocycles. The Bertz CT molecular complexity index is 698. The zero-order valence-corrected chi connectivity index (χ0v) is 13.1. The lowest BCUT2D eigenvalue weighted by atomic mass is 10.1. The molecule has 2 aromatic heterocycles. The predicted octanol–water partition coefficient (Wildman–Crippen LogP) is 2.95. The number of hydrogen-bond acceptors (Lipinski definition) is 3. The maximum atomic E-state index is 12.4. The molecule has 1 saturated carbocycles. The largest absolute Gasteiger partial charge is 0.352 e. The number of aryl methyl sites for hydroxylation is 1. The number of carbonyl (C=O) groups excluding carboxylic acids is 1. The molecule has 1 amide bonds. The lowest BCUT2D eigenvalue weighted by Crippen LogP contribution is -2.23. The molecular weight excluding hydrogens is 264 g/mol. The number of aromatic nitrogens is 3. The summed E-state index contributed by atoms with van der Waals surface area (Å²) in [5.74, 6) is 0.483. The van der Waals surface area contributed by atoms with Gasteiger partial charge >= 0.3 is 0 Å². The number of nitrogens with zero attached hydrogens (tertiary/aromatic N) is 3. The normalized spacial score (nSPS) is 14.9. The predicted molar refractivity (Wildman–Crippen MR) is 82.6 cm³/mol. The third-order valence-corrected chi connectivity index (χ3v) is 3.92. The Kier molecular flexibility index (Phi) is 3.43. The van der Waals surface area contributed by atoms with Crippen LogP contribution in [0.25, 0.3) is 11.0 Å². The molecule has 112 valence electrons. The van der Waals surface area contributed by atoms with Gasteiger partial charge in [0.15, 0.2) is 5.65 Å². The molecule has 3 rings (SSSR count). The van der Waals surface area contributed by atoms with Gasteiger partial charge in [-0.3, -0.25) is 4.79 Å². The van der Waals surface area contributed by atoms with Crippen LogP contribution in [0.3, 0.4) is 0 Å². The second-order valence-electron chi connectivity index (χ2n) is 6.05. The van der Waals surface area contributed by atoms with E-state index in [0.717, 1.165) is 22.4 Å². The minimum Gasteiger partial charge on any atom is -0.352 e. The second kappa shape index (κ2) is 5.13. The van der Waals surface area contributed by atoms with Gasteiger partial charge in [-0.2, -0.15) is 5.10 Å². The maximum Gasteiger partial charge on any atom is 0.252 e. The van der Waals surface area contributed by atoms with Gasteiger partial charge in [0.05, 0.1) is 16.6 Å². The zero-order chi connectivity index (χ0) is 15.1. The average molecular weight is 286 g/mol. The smallest absolute Gasteiger partial charge is 0.252 e. The summed E-state index contributed by atoms with van der Waals surface area (Å²) in [5.41, 5.74) is 3.46. The van der Waals surface area contributed by atoms with Crippen molar-refractivity contribution in [3.8, 4) is 0 Å². The Hall–Kier alpha value is -1.91. The summed E-state index contributed by atoms with van der Waals surface area (Å²) >= 11 is 0. The van der Waals surface area contributed by atoms with Crippen LogP contribution in [0, 0.1) is 6.92 Å². The summed E-state index contributed by atoms with van der Waals surface area (Å²) in [6.45, 7) is 8.68. The lowest BCUT2D eigenvalue weighted by molar-refractivity contribution is 0.0957. The second-order valence-corrected chi connectivity index (χ2v) is 6.05. The van der Waals surface area contributed by atoms with Crippen molar-refractivity contribution >= 4 is 16.9 Å². The summed E-state index contributed by atoms with van der Waals surface area (Å²) in [6, 6.07) is 2.19. The number of rotatable bonds is 4. The highest BCUT2D eigenvalue weighted by molar-refractivity contribution is 6.06. The van der Waals surface area contributed by atoms with Gasteiger partial charge in [0, 0.05) is 24.2 Å². The molecule has 0 radical (unpaired) electrons. The van der Waals surface area contributed by atoms with E-state index in [1.165, 1.54) is 12.8 Å². The van der Waals surface area contributed by atoms with Crippen molar-refractivity contribution in [2.24, 2.45) is 0 Å². The molecule has 0 aliphatic heterocycles. The number of hydrogen-bond donors (Lipinski definition) is 1. The van der Waals surface area contributed by atoms with Crippen molar-refractivity contribution in [2.45, 2.75) is 52.5 Å². The molecule has 0 aromatic carbocycles. The van der Waals surface area contributed by atoms with Crippen LogP contribution in [0.2, 0.25) is 0 Å². The molecule has 1 N–H and O–H groups in total. The van der Waals surface area contributed by atoms with Crippen LogP contribution in [-0.2, 0) is 0 Å². The van der Waals surface area contributed by atoms with Gasteiger partial charge in [-0.1, -0.05) is 0 Å². The van der Waals surface area contributed by atoms with E-state index in [-0.39, 0.29) is 11.9 Å². The third-order valence-electron chi connectivity index (χ3n) is 3.92. The van der Waals surface area contributed by atoms with Crippen molar-refractivity contribution in [1.82, 2.24) is 20.1 Å². The molecule has 5 nitrogen and oxygen atoms in total. The Morgan fingerprint density at radius 2 is 2.19 bits per heavy atom. The Labute approximate surface area is 124 Å². The molecule has 1 aliphatic rings. The van der Waals surface area contributed by atoms with E-state index in [2.05, 4.69) is 24.3 Å². The van der Waals surface area contributed by atoms with Gasteiger partial charge in [-0.05, 0) is 46.6 Å². The first-order valence-electron chi connectivity index (χ1n) is 7.70. The number of pyridine rings is 1. The zero-order valence-electron chi connectivity index (χ0n) is 13.1. The highest BCUT2D eigenvalue weighted by Crippen LogP contribution is 2.40. The maximum absolute atomic E-state index is 12.4. The fourth-order valence-electron chi connectivity index (χ4n) is 2.72. The third kappa shape index (κ3) is 2.41. The summed E-state index contributed by atoms with van der Waals surface area (Å²) in [5, 5.41) is 8.38. The molecule has 0 atom stereocenters. The van der Waals surface area contributed by atoms with E-state index in [0.29, 0.717) is 18.0 Å². The molecule has 1 aliphatic carbocycles. The number of nitrogens with one attached hydrogen (secondary N) is 1. The molecule has 2 aromatic rings. The number of amides is 1. The topological polar surface area (TPSA) is 59.8 Å². The molecule has 0 saturated heterocycles. The molecule has 1 fully saturated rings. The van der Waals surface area contributed by atoms with Gasteiger partial charge in [0.2, 0.25) is 0 Å². The highest BCUT2D eigenvalue weighted by atomic mass is 16.1. The van der Waals surface area contributed by atoms with Crippen LogP contribution in [0.15, 0.2) is 6.07 Å². The fraction of sp³-hybridized carbons (Fsp3) is 0.562. The van der Waals surface area contributed by atoms with E-state index in [9.17, 15) is 4.79 Å². The quantitative estimate of drug-likeness (QED) is 0.940. The highest BCUT2D eigenvalue weighted by Gasteiger charge is 2.28. The van der Waals surface area contributed by atoms with E-state index < -0.39 is 0 Å². The standard InChI is InChI=1S/C16H22N4O/c1-5-17-16(21)12-8-13(11-6-7-11)18-15-14(12)10(4)19-20(15)9(2)3/h8-9,11H,5-7H2,1-4H3,(H,17,21). The van der Waals surface area contributed by atoms with Gasteiger partial charge in [0.1, 0.15) is 0 Å². The van der Waals surface area contributed by atoms with Gasteiger partial charge in [-0.15, -0.1) is 0 Å². The molecule has 0 bridgehead atoms. The Morgan fingerprint density at radius 3 is 2.76 bits per heavy atom. The number of fused-ring (bicyclic) bond motifs is 1. The van der Waals surface area contributed by atoms with Crippen LogP contribution in [0.4, 0.5) is 0 Å². The first kappa shape index (κ1) is 14.0. The minimum atomic E-state index is -0.0294. The van der Waals surface area contributed by atoms with E-state index in [4.69, 9.17) is 4.98 Å². The average Bonchev–Trinajstić information content (AvgIpc) is 3.23. The molecule has 0 unspecified atom stereocenters. The fourth-order valence-corrected chi connectivity index (χ4v) is 2.72. The van der Waals surface area contributed by atoms with Crippen LogP contribution in [0.5, 0.6) is 0 Å². The Balaban J connectivity index is 2.25. The van der Waals surface area contributed by atoms with E-state index in [1.54, 1.807) is 0 Å². The monoisotopic (exact) mass is 286 g/mol. The first-order valence-corrected chi connectivity index (χ1v) is 7.70.